The smallest absolute Gasteiger partial charge is 0.0628 e. The Balaban J connectivity index is 2.78. The molecule has 0 aromatic rings. The van der Waals surface area contributed by atoms with Gasteiger partial charge in [-0.25, -0.2) is 5.84 Å². The van der Waals surface area contributed by atoms with Crippen LogP contribution in [-0.4, -0.2) is 5.01 Å². The minimum Gasteiger partial charge on any atom is -0.286 e. The summed E-state index contributed by atoms with van der Waals surface area (Å²) in [5.74, 6) is 5.51. The van der Waals surface area contributed by atoms with Gasteiger partial charge in [-0.2, -0.15) is 0 Å². The van der Waals surface area contributed by atoms with Gasteiger partial charge in [-0.1, -0.05) is 28.7 Å². The molecule has 0 saturated heterocycles. The molecule has 48 valence electrons. The van der Waals surface area contributed by atoms with Crippen LogP contribution in [0.5, 0.6) is 0 Å². The largest absolute Gasteiger partial charge is 0.286 e. The SMILES string of the molecule is NN1C=CC=C/C1=C/I. The Kier molecular flexibility index (Phi) is 2.29. The van der Waals surface area contributed by atoms with Crippen molar-refractivity contribution in [2.24, 2.45) is 5.84 Å². The summed E-state index contributed by atoms with van der Waals surface area (Å²) >= 11 is 2.15. The third-order valence-corrected chi connectivity index (χ3v) is 1.67. The molecule has 0 bridgehead atoms. The summed E-state index contributed by atoms with van der Waals surface area (Å²) in [4.78, 5) is 0. The van der Waals surface area contributed by atoms with E-state index in [0.29, 0.717) is 0 Å². The van der Waals surface area contributed by atoms with E-state index >= 15 is 0 Å². The van der Waals surface area contributed by atoms with Crippen LogP contribution in [-0.2, 0) is 0 Å². The quantitative estimate of drug-likeness (QED) is 0.508. The molecule has 0 aromatic heterocycles. The number of nitrogens with zero attached hydrogens (tertiary/aromatic N) is 1. The Morgan fingerprint density at radius 2 is 2.33 bits per heavy atom. The van der Waals surface area contributed by atoms with E-state index in [-0.39, 0.29) is 0 Å². The second-order valence-electron chi connectivity index (χ2n) is 1.64. The molecule has 1 aliphatic heterocycles. The van der Waals surface area contributed by atoms with Crippen LogP contribution in [0, 0.1) is 0 Å². The van der Waals surface area contributed by atoms with E-state index in [2.05, 4.69) is 22.6 Å². The van der Waals surface area contributed by atoms with Crippen LogP contribution in [0.1, 0.15) is 0 Å². The predicted molar refractivity (Wildman–Crippen MR) is 46.4 cm³/mol. The Morgan fingerprint density at radius 1 is 1.56 bits per heavy atom. The van der Waals surface area contributed by atoms with Crippen LogP contribution in [0.4, 0.5) is 0 Å². The first-order valence-electron chi connectivity index (χ1n) is 2.54. The lowest BCUT2D eigenvalue weighted by molar-refractivity contribution is 0.506. The standard InChI is InChI=1S/C6H7IN2/c7-5-6-3-1-2-4-9(6)8/h1-5H,8H2/b6-5-. The number of halogens is 1. The third-order valence-electron chi connectivity index (χ3n) is 1.03. The van der Waals surface area contributed by atoms with Crippen LogP contribution in [0.2, 0.25) is 0 Å². The summed E-state index contributed by atoms with van der Waals surface area (Å²) in [6, 6.07) is 0. The fourth-order valence-corrected chi connectivity index (χ4v) is 1.09. The average molecular weight is 234 g/mol. The van der Waals surface area contributed by atoms with Crippen LogP contribution in [0.25, 0.3) is 0 Å². The van der Waals surface area contributed by atoms with Crippen LogP contribution >= 0.6 is 22.6 Å². The Morgan fingerprint density at radius 3 is 2.78 bits per heavy atom. The summed E-state index contributed by atoms with van der Waals surface area (Å²) in [6.45, 7) is 0. The van der Waals surface area contributed by atoms with Gasteiger partial charge in [0, 0.05) is 10.3 Å². The molecule has 3 heteroatoms. The third kappa shape index (κ3) is 1.56. The number of nitrogens with two attached hydrogens (primary N) is 1. The van der Waals surface area contributed by atoms with Crippen molar-refractivity contribution < 1.29 is 0 Å². The van der Waals surface area contributed by atoms with Crippen molar-refractivity contribution in [1.29, 1.82) is 0 Å². The van der Waals surface area contributed by atoms with E-state index in [0.717, 1.165) is 5.70 Å². The number of hydrazine groups is 1. The molecule has 0 aliphatic carbocycles. The van der Waals surface area contributed by atoms with Gasteiger partial charge in [-0.3, -0.25) is 5.01 Å². The van der Waals surface area contributed by atoms with Gasteiger partial charge in [0.2, 0.25) is 0 Å². The van der Waals surface area contributed by atoms with Crippen molar-refractivity contribution in [3.63, 3.8) is 0 Å². The molecule has 9 heavy (non-hydrogen) atoms. The van der Waals surface area contributed by atoms with Crippen LogP contribution in [0.15, 0.2) is 34.2 Å². The van der Waals surface area contributed by atoms with E-state index < -0.39 is 0 Å². The molecular formula is C6H7IN2. The first-order chi connectivity index (χ1) is 4.34. The van der Waals surface area contributed by atoms with Gasteiger partial charge in [0.1, 0.15) is 0 Å². The highest BCUT2D eigenvalue weighted by Crippen LogP contribution is 2.08. The molecule has 0 fully saturated rings. The highest BCUT2D eigenvalue weighted by Gasteiger charge is 1.97. The average Bonchev–Trinajstić information content (AvgIpc) is 1.89. The van der Waals surface area contributed by atoms with Gasteiger partial charge in [0.05, 0.1) is 5.70 Å². The Bertz CT molecular complexity index is 181. The van der Waals surface area contributed by atoms with Gasteiger partial charge in [0.25, 0.3) is 0 Å². The van der Waals surface area contributed by atoms with E-state index in [9.17, 15) is 0 Å². The minimum atomic E-state index is 1.01. The van der Waals surface area contributed by atoms with Crippen molar-refractivity contribution in [2.45, 2.75) is 0 Å². The molecule has 0 saturated carbocycles. The van der Waals surface area contributed by atoms with Gasteiger partial charge in [-0.15, -0.1) is 0 Å². The second-order valence-corrected chi connectivity index (χ2v) is 2.26. The Hall–Kier alpha value is -0.290. The molecule has 2 nitrogen and oxygen atoms in total. The minimum absolute atomic E-state index is 1.01. The normalized spacial score (nSPS) is 21.6. The van der Waals surface area contributed by atoms with Crippen molar-refractivity contribution in [1.82, 2.24) is 5.01 Å². The molecule has 1 aliphatic rings. The summed E-state index contributed by atoms with van der Waals surface area (Å²) in [6.07, 6.45) is 7.61. The number of hydrogen-bond acceptors (Lipinski definition) is 2. The van der Waals surface area contributed by atoms with Gasteiger partial charge in [0.15, 0.2) is 0 Å². The second kappa shape index (κ2) is 3.03. The molecule has 1 rings (SSSR count). The topological polar surface area (TPSA) is 29.3 Å². The predicted octanol–water partition coefficient (Wildman–Crippen LogP) is 1.52. The zero-order valence-corrected chi connectivity index (χ0v) is 6.95. The fourth-order valence-electron chi connectivity index (χ4n) is 0.561. The molecule has 0 spiro atoms. The summed E-state index contributed by atoms with van der Waals surface area (Å²) in [7, 11) is 0. The monoisotopic (exact) mass is 234 g/mol. The molecule has 0 aromatic carbocycles. The first kappa shape index (κ1) is 6.82. The number of allylic oxidation sites excluding steroid dienone is 3. The van der Waals surface area contributed by atoms with Gasteiger partial charge < -0.3 is 0 Å². The van der Waals surface area contributed by atoms with E-state index in [1.165, 1.54) is 0 Å². The molecule has 0 radical (unpaired) electrons. The maximum Gasteiger partial charge on any atom is 0.0628 e. The van der Waals surface area contributed by atoms with Crippen molar-refractivity contribution in [3.05, 3.63) is 34.2 Å². The van der Waals surface area contributed by atoms with Crippen LogP contribution < -0.4 is 5.84 Å². The number of hydrogen-bond donors (Lipinski definition) is 1. The molecule has 0 atom stereocenters. The van der Waals surface area contributed by atoms with Crippen molar-refractivity contribution in [2.75, 3.05) is 0 Å². The highest BCUT2D eigenvalue weighted by atomic mass is 127. The Labute approximate surface area is 67.8 Å². The van der Waals surface area contributed by atoms with Gasteiger partial charge in [-0.05, 0) is 12.2 Å². The molecular weight excluding hydrogens is 227 g/mol. The van der Waals surface area contributed by atoms with Crippen LogP contribution in [0.3, 0.4) is 0 Å². The van der Waals surface area contributed by atoms with E-state index in [4.69, 9.17) is 5.84 Å². The molecule has 0 amide bonds. The fraction of sp³-hybridized carbons (Fsp3) is 0. The molecule has 2 N–H and O–H groups in total. The van der Waals surface area contributed by atoms with Crippen molar-refractivity contribution >= 4 is 22.6 Å². The lowest BCUT2D eigenvalue weighted by Gasteiger charge is -2.15. The summed E-state index contributed by atoms with van der Waals surface area (Å²) in [5.41, 5.74) is 1.01. The zero-order chi connectivity index (χ0) is 6.69. The zero-order valence-electron chi connectivity index (χ0n) is 4.79. The highest BCUT2D eigenvalue weighted by molar-refractivity contribution is 14.1. The summed E-state index contributed by atoms with van der Waals surface area (Å²) < 4.78 is 1.93. The molecule has 1 heterocycles. The van der Waals surface area contributed by atoms with E-state index in [1.54, 1.807) is 5.01 Å². The number of rotatable bonds is 0. The van der Waals surface area contributed by atoms with Gasteiger partial charge >= 0.3 is 0 Å². The maximum absolute atomic E-state index is 5.51. The first-order valence-corrected chi connectivity index (χ1v) is 3.78. The van der Waals surface area contributed by atoms with E-state index in [1.807, 2.05) is 28.5 Å². The lowest BCUT2D eigenvalue weighted by atomic mass is 10.3. The lowest BCUT2D eigenvalue weighted by Crippen LogP contribution is -2.23. The summed E-state index contributed by atoms with van der Waals surface area (Å²) in [5, 5.41) is 1.58. The van der Waals surface area contributed by atoms with Crippen molar-refractivity contribution in [3.8, 4) is 0 Å². The maximum atomic E-state index is 5.51. The molecule has 0 unspecified atom stereocenters.